The minimum atomic E-state index is 0.468. The molecule has 0 saturated heterocycles. The number of aromatic nitrogens is 2. The highest BCUT2D eigenvalue weighted by molar-refractivity contribution is 6.16. The summed E-state index contributed by atoms with van der Waals surface area (Å²) in [6.45, 7) is 0.913. The Hall–Kier alpha value is -1.48. The minimum Gasteiger partial charge on any atom is -0.497 e. The van der Waals surface area contributed by atoms with Gasteiger partial charge in [-0.3, -0.25) is 0 Å². The van der Waals surface area contributed by atoms with Crippen LogP contribution in [-0.4, -0.2) is 16.7 Å². The SMILES string of the molecule is COc1ccc(CCn2cnc(CCl)c2)cc1. The van der Waals surface area contributed by atoms with Crippen LogP contribution in [0.4, 0.5) is 0 Å². The third-order valence-corrected chi connectivity index (χ3v) is 2.92. The average Bonchev–Trinajstić information content (AvgIpc) is 2.85. The van der Waals surface area contributed by atoms with Crippen molar-refractivity contribution in [2.75, 3.05) is 7.11 Å². The van der Waals surface area contributed by atoms with E-state index in [9.17, 15) is 0 Å². The van der Waals surface area contributed by atoms with E-state index in [0.29, 0.717) is 5.88 Å². The summed E-state index contributed by atoms with van der Waals surface area (Å²) < 4.78 is 7.18. The monoisotopic (exact) mass is 250 g/mol. The molecule has 0 spiro atoms. The maximum atomic E-state index is 5.70. The fraction of sp³-hybridized carbons (Fsp3) is 0.308. The molecule has 17 heavy (non-hydrogen) atoms. The zero-order valence-electron chi connectivity index (χ0n) is 9.77. The Morgan fingerprint density at radius 2 is 2.06 bits per heavy atom. The van der Waals surface area contributed by atoms with Crippen molar-refractivity contribution in [3.63, 3.8) is 0 Å². The zero-order valence-corrected chi connectivity index (χ0v) is 10.5. The van der Waals surface area contributed by atoms with Crippen molar-refractivity contribution in [2.45, 2.75) is 18.8 Å². The lowest BCUT2D eigenvalue weighted by Crippen LogP contribution is -1.98. The Labute approximate surface area is 106 Å². The van der Waals surface area contributed by atoms with Crippen LogP contribution >= 0.6 is 11.6 Å². The maximum absolute atomic E-state index is 5.70. The molecule has 1 aromatic heterocycles. The predicted molar refractivity (Wildman–Crippen MR) is 68.5 cm³/mol. The molecule has 90 valence electrons. The molecule has 3 nitrogen and oxygen atoms in total. The van der Waals surface area contributed by atoms with Crippen LogP contribution < -0.4 is 4.74 Å². The number of hydrogen-bond acceptors (Lipinski definition) is 2. The van der Waals surface area contributed by atoms with E-state index in [2.05, 4.69) is 21.7 Å². The van der Waals surface area contributed by atoms with Crippen LogP contribution in [0, 0.1) is 0 Å². The number of methoxy groups -OCH3 is 1. The van der Waals surface area contributed by atoms with Crippen molar-refractivity contribution >= 4 is 11.6 Å². The van der Waals surface area contributed by atoms with E-state index in [1.165, 1.54) is 5.56 Å². The molecule has 0 saturated carbocycles. The maximum Gasteiger partial charge on any atom is 0.118 e. The smallest absolute Gasteiger partial charge is 0.118 e. The number of alkyl halides is 1. The Balaban J connectivity index is 1.92. The number of rotatable bonds is 5. The van der Waals surface area contributed by atoms with E-state index < -0.39 is 0 Å². The second kappa shape index (κ2) is 5.73. The van der Waals surface area contributed by atoms with Crippen LogP contribution in [0.3, 0.4) is 0 Å². The van der Waals surface area contributed by atoms with Gasteiger partial charge in [-0.2, -0.15) is 0 Å². The van der Waals surface area contributed by atoms with Gasteiger partial charge in [0.05, 0.1) is 25.0 Å². The molecule has 0 N–H and O–H groups in total. The molecular formula is C13H15ClN2O. The van der Waals surface area contributed by atoms with Crippen molar-refractivity contribution < 1.29 is 4.74 Å². The van der Waals surface area contributed by atoms with E-state index in [4.69, 9.17) is 16.3 Å². The third-order valence-electron chi connectivity index (χ3n) is 2.64. The van der Waals surface area contributed by atoms with Crippen molar-refractivity contribution in [1.29, 1.82) is 0 Å². The van der Waals surface area contributed by atoms with Crippen molar-refractivity contribution in [1.82, 2.24) is 9.55 Å². The molecule has 0 radical (unpaired) electrons. The highest BCUT2D eigenvalue weighted by atomic mass is 35.5. The van der Waals surface area contributed by atoms with E-state index >= 15 is 0 Å². The summed E-state index contributed by atoms with van der Waals surface area (Å²) >= 11 is 5.70. The number of halogens is 1. The number of benzene rings is 1. The van der Waals surface area contributed by atoms with E-state index in [1.807, 2.05) is 24.7 Å². The first-order chi connectivity index (χ1) is 8.31. The van der Waals surface area contributed by atoms with Gasteiger partial charge in [0.2, 0.25) is 0 Å². The van der Waals surface area contributed by atoms with Crippen molar-refractivity contribution in [3.8, 4) is 5.75 Å². The van der Waals surface area contributed by atoms with E-state index in [0.717, 1.165) is 24.4 Å². The first-order valence-corrected chi connectivity index (χ1v) is 6.05. The average molecular weight is 251 g/mol. The van der Waals surface area contributed by atoms with Gasteiger partial charge in [0.15, 0.2) is 0 Å². The topological polar surface area (TPSA) is 27.1 Å². The molecule has 0 aliphatic carbocycles. The van der Waals surface area contributed by atoms with Crippen LogP contribution in [0.1, 0.15) is 11.3 Å². The predicted octanol–water partition coefficient (Wildman–Crippen LogP) is 2.87. The van der Waals surface area contributed by atoms with Gasteiger partial charge in [0.1, 0.15) is 5.75 Å². The highest BCUT2D eigenvalue weighted by Gasteiger charge is 1.98. The second-order valence-corrected chi connectivity index (χ2v) is 4.10. The van der Waals surface area contributed by atoms with Gasteiger partial charge >= 0.3 is 0 Å². The number of nitrogens with zero attached hydrogens (tertiary/aromatic N) is 2. The number of aryl methyl sites for hydroxylation is 2. The Kier molecular flexibility index (Phi) is 4.04. The molecule has 0 fully saturated rings. The first-order valence-electron chi connectivity index (χ1n) is 5.51. The molecule has 1 aromatic carbocycles. The van der Waals surface area contributed by atoms with E-state index in [-0.39, 0.29) is 0 Å². The highest BCUT2D eigenvalue weighted by Crippen LogP contribution is 2.12. The third kappa shape index (κ3) is 3.24. The lowest BCUT2D eigenvalue weighted by molar-refractivity contribution is 0.414. The molecule has 0 bridgehead atoms. The summed E-state index contributed by atoms with van der Waals surface area (Å²) in [5.41, 5.74) is 2.20. The van der Waals surface area contributed by atoms with Crippen molar-refractivity contribution in [2.24, 2.45) is 0 Å². The van der Waals surface area contributed by atoms with Gasteiger partial charge < -0.3 is 9.30 Å². The molecule has 0 aliphatic heterocycles. The fourth-order valence-electron chi connectivity index (χ4n) is 1.65. The molecule has 0 atom stereocenters. The van der Waals surface area contributed by atoms with Crippen LogP contribution in [0.2, 0.25) is 0 Å². The molecule has 2 aromatic rings. The van der Waals surface area contributed by atoms with Gasteiger partial charge in [0.25, 0.3) is 0 Å². The lowest BCUT2D eigenvalue weighted by Gasteiger charge is -2.04. The fourth-order valence-corrected chi connectivity index (χ4v) is 1.79. The van der Waals surface area contributed by atoms with Gasteiger partial charge in [0, 0.05) is 12.7 Å². The normalized spacial score (nSPS) is 10.5. The summed E-state index contributed by atoms with van der Waals surface area (Å²) in [7, 11) is 1.67. The second-order valence-electron chi connectivity index (χ2n) is 3.83. The zero-order chi connectivity index (χ0) is 12.1. The van der Waals surface area contributed by atoms with Crippen LogP contribution in [0.5, 0.6) is 5.75 Å². The van der Waals surface area contributed by atoms with Gasteiger partial charge in [-0.25, -0.2) is 4.98 Å². The quantitative estimate of drug-likeness (QED) is 0.763. The number of ether oxygens (including phenoxy) is 1. The summed E-state index contributed by atoms with van der Waals surface area (Å²) in [5, 5.41) is 0. The van der Waals surface area contributed by atoms with Crippen LogP contribution in [-0.2, 0) is 18.8 Å². The molecule has 0 aliphatic rings. The summed E-state index contributed by atoms with van der Waals surface area (Å²) in [6.07, 6.45) is 4.78. The Morgan fingerprint density at radius 1 is 1.29 bits per heavy atom. The van der Waals surface area contributed by atoms with Crippen LogP contribution in [0.15, 0.2) is 36.8 Å². The molecular weight excluding hydrogens is 236 g/mol. The standard InChI is InChI=1S/C13H15ClN2O/c1-17-13-4-2-11(3-5-13)6-7-16-9-12(8-14)15-10-16/h2-5,9-10H,6-8H2,1H3. The Bertz CT molecular complexity index is 465. The number of imidazole rings is 1. The van der Waals surface area contributed by atoms with Gasteiger partial charge in [-0.1, -0.05) is 12.1 Å². The summed E-state index contributed by atoms with van der Waals surface area (Å²) in [5.74, 6) is 1.36. The molecule has 2 rings (SSSR count). The molecule has 0 amide bonds. The molecule has 1 heterocycles. The largest absolute Gasteiger partial charge is 0.497 e. The van der Waals surface area contributed by atoms with Crippen molar-refractivity contribution in [3.05, 3.63) is 48.0 Å². The minimum absolute atomic E-state index is 0.468. The van der Waals surface area contributed by atoms with Gasteiger partial charge in [-0.15, -0.1) is 11.6 Å². The van der Waals surface area contributed by atoms with Crippen LogP contribution in [0.25, 0.3) is 0 Å². The molecule has 4 heteroatoms. The number of hydrogen-bond donors (Lipinski definition) is 0. The summed E-state index contributed by atoms with van der Waals surface area (Å²) in [4.78, 5) is 4.19. The molecule has 0 unspecified atom stereocenters. The van der Waals surface area contributed by atoms with E-state index in [1.54, 1.807) is 7.11 Å². The lowest BCUT2D eigenvalue weighted by atomic mass is 10.1. The Morgan fingerprint density at radius 3 is 2.65 bits per heavy atom. The summed E-state index contributed by atoms with van der Waals surface area (Å²) in [6, 6.07) is 8.12. The van der Waals surface area contributed by atoms with Gasteiger partial charge in [-0.05, 0) is 24.1 Å². The first kappa shape index (κ1) is 12.0.